The van der Waals surface area contributed by atoms with Gasteiger partial charge in [0.1, 0.15) is 0 Å². The largest absolute Gasteiger partial charge is 0.317 e. The van der Waals surface area contributed by atoms with E-state index in [0.717, 1.165) is 12.1 Å². The van der Waals surface area contributed by atoms with Gasteiger partial charge in [0.15, 0.2) is 0 Å². The predicted molar refractivity (Wildman–Crippen MR) is 56.5 cm³/mol. The third-order valence-corrected chi connectivity index (χ3v) is 2.14. The van der Waals surface area contributed by atoms with Crippen LogP contribution >= 0.6 is 0 Å². The molecule has 0 unspecified atom stereocenters. The topological polar surface area (TPSA) is 35.1 Å². The van der Waals surface area contributed by atoms with Gasteiger partial charge in [-0.25, -0.2) is 11.3 Å². The second-order valence-corrected chi connectivity index (χ2v) is 3.15. The molecule has 0 fully saturated rings. The Kier molecular flexibility index (Phi) is 2.75. The molecule has 4 nitrogen and oxygen atoms in total. The first kappa shape index (κ1) is 9.41. The average molecular weight is 198 g/mol. The van der Waals surface area contributed by atoms with Crippen LogP contribution < -0.4 is 0 Å². The van der Waals surface area contributed by atoms with Gasteiger partial charge in [0.05, 0.1) is 18.1 Å². The fourth-order valence-corrected chi connectivity index (χ4v) is 1.35. The lowest BCUT2D eigenvalue weighted by Gasteiger charge is -2.00. The van der Waals surface area contributed by atoms with Crippen LogP contribution in [0.3, 0.4) is 0 Å². The second kappa shape index (κ2) is 4.38. The Hall–Kier alpha value is -2.15. The SMILES string of the molecule is [C-]#[N+]CCc1ccc(-n2ccnn2)cc1. The van der Waals surface area contributed by atoms with Crippen LogP contribution in [-0.4, -0.2) is 21.5 Å². The molecule has 0 aliphatic heterocycles. The molecule has 0 radical (unpaired) electrons. The molecule has 0 saturated heterocycles. The zero-order valence-electron chi connectivity index (χ0n) is 8.17. The number of hydrogen-bond acceptors (Lipinski definition) is 2. The van der Waals surface area contributed by atoms with Crippen LogP contribution in [-0.2, 0) is 6.42 Å². The van der Waals surface area contributed by atoms with Crippen molar-refractivity contribution in [3.8, 4) is 5.69 Å². The van der Waals surface area contributed by atoms with Crippen LogP contribution in [0.2, 0.25) is 0 Å². The molecular formula is C11H10N4. The van der Waals surface area contributed by atoms with E-state index in [4.69, 9.17) is 6.57 Å². The van der Waals surface area contributed by atoms with E-state index in [1.165, 1.54) is 5.56 Å². The summed E-state index contributed by atoms with van der Waals surface area (Å²) in [5.41, 5.74) is 2.16. The van der Waals surface area contributed by atoms with Gasteiger partial charge in [0.25, 0.3) is 0 Å². The highest BCUT2D eigenvalue weighted by Gasteiger charge is 1.98. The Labute approximate surface area is 88.0 Å². The van der Waals surface area contributed by atoms with Crippen molar-refractivity contribution in [2.75, 3.05) is 6.54 Å². The Bertz CT molecular complexity index is 450. The molecule has 1 heterocycles. The van der Waals surface area contributed by atoms with Gasteiger partial charge in [-0.15, -0.1) is 5.10 Å². The van der Waals surface area contributed by atoms with Gasteiger partial charge in [-0.05, 0) is 17.7 Å². The summed E-state index contributed by atoms with van der Waals surface area (Å²) in [7, 11) is 0. The smallest absolute Gasteiger partial charge is 0.218 e. The first-order valence-electron chi connectivity index (χ1n) is 4.69. The molecule has 2 rings (SSSR count). The Morgan fingerprint density at radius 3 is 2.67 bits per heavy atom. The average Bonchev–Trinajstić information content (AvgIpc) is 2.80. The number of aromatic nitrogens is 3. The first-order valence-corrected chi connectivity index (χ1v) is 4.69. The molecule has 0 aliphatic carbocycles. The highest BCUT2D eigenvalue weighted by molar-refractivity contribution is 5.33. The number of benzene rings is 1. The van der Waals surface area contributed by atoms with E-state index in [1.807, 2.05) is 24.3 Å². The van der Waals surface area contributed by atoms with Crippen molar-refractivity contribution in [1.82, 2.24) is 15.0 Å². The van der Waals surface area contributed by atoms with Gasteiger partial charge in [-0.1, -0.05) is 17.3 Å². The third-order valence-electron chi connectivity index (χ3n) is 2.14. The minimum Gasteiger partial charge on any atom is -0.317 e. The summed E-state index contributed by atoms with van der Waals surface area (Å²) in [4.78, 5) is 3.33. The van der Waals surface area contributed by atoms with Crippen molar-refractivity contribution in [2.45, 2.75) is 6.42 Å². The zero-order valence-corrected chi connectivity index (χ0v) is 8.17. The summed E-state index contributed by atoms with van der Waals surface area (Å²) in [5, 5.41) is 7.64. The van der Waals surface area contributed by atoms with Gasteiger partial charge in [-0.3, -0.25) is 0 Å². The molecule has 0 saturated carbocycles. The van der Waals surface area contributed by atoms with E-state index >= 15 is 0 Å². The minimum absolute atomic E-state index is 0.544. The van der Waals surface area contributed by atoms with Crippen molar-refractivity contribution in [3.05, 3.63) is 53.6 Å². The molecule has 1 aromatic heterocycles. The lowest BCUT2D eigenvalue weighted by molar-refractivity contribution is 0.802. The van der Waals surface area contributed by atoms with Crippen LogP contribution in [0, 0.1) is 6.57 Å². The van der Waals surface area contributed by atoms with Gasteiger partial charge < -0.3 is 4.85 Å². The first-order chi connectivity index (χ1) is 7.40. The molecule has 4 heteroatoms. The number of nitrogens with zero attached hydrogens (tertiary/aromatic N) is 4. The fraction of sp³-hybridized carbons (Fsp3) is 0.182. The van der Waals surface area contributed by atoms with Crippen molar-refractivity contribution in [1.29, 1.82) is 0 Å². The Balaban J connectivity index is 2.15. The van der Waals surface area contributed by atoms with Gasteiger partial charge in [0, 0.05) is 6.42 Å². The summed E-state index contributed by atoms with van der Waals surface area (Å²) in [5.74, 6) is 0. The summed E-state index contributed by atoms with van der Waals surface area (Å²) >= 11 is 0. The maximum absolute atomic E-state index is 6.71. The standard InChI is InChI=1S/C11H10N4/c1-12-7-6-10-2-4-11(5-3-10)15-9-8-13-14-15/h2-5,8-9H,6-7H2. The molecule has 1 aromatic carbocycles. The third kappa shape index (κ3) is 2.20. The van der Waals surface area contributed by atoms with Crippen molar-refractivity contribution < 1.29 is 0 Å². The summed E-state index contributed by atoms with van der Waals surface area (Å²) in [6.07, 6.45) is 4.25. The van der Waals surface area contributed by atoms with Gasteiger partial charge in [0.2, 0.25) is 6.54 Å². The monoisotopic (exact) mass is 198 g/mol. The van der Waals surface area contributed by atoms with Crippen molar-refractivity contribution >= 4 is 0 Å². The maximum atomic E-state index is 6.71. The van der Waals surface area contributed by atoms with Gasteiger partial charge >= 0.3 is 0 Å². The molecule has 0 amide bonds. The van der Waals surface area contributed by atoms with E-state index in [9.17, 15) is 0 Å². The Morgan fingerprint density at radius 2 is 2.07 bits per heavy atom. The number of rotatable bonds is 3. The molecular weight excluding hydrogens is 188 g/mol. The zero-order chi connectivity index (χ0) is 10.5. The van der Waals surface area contributed by atoms with Crippen molar-refractivity contribution in [3.63, 3.8) is 0 Å². The van der Waals surface area contributed by atoms with Crippen LogP contribution in [0.15, 0.2) is 36.7 Å². The molecule has 0 aliphatic rings. The molecule has 0 atom stereocenters. The van der Waals surface area contributed by atoms with E-state index in [0.29, 0.717) is 6.54 Å². The Morgan fingerprint density at radius 1 is 1.27 bits per heavy atom. The summed E-state index contributed by atoms with van der Waals surface area (Å²) in [6.45, 7) is 7.25. The van der Waals surface area contributed by atoms with Crippen LogP contribution in [0.5, 0.6) is 0 Å². The molecule has 0 N–H and O–H groups in total. The minimum atomic E-state index is 0.544. The summed E-state index contributed by atoms with van der Waals surface area (Å²) < 4.78 is 1.71. The maximum Gasteiger partial charge on any atom is 0.218 e. The second-order valence-electron chi connectivity index (χ2n) is 3.15. The van der Waals surface area contributed by atoms with E-state index < -0.39 is 0 Å². The molecule has 15 heavy (non-hydrogen) atoms. The van der Waals surface area contributed by atoms with E-state index in [-0.39, 0.29) is 0 Å². The number of hydrogen-bond donors (Lipinski definition) is 0. The van der Waals surface area contributed by atoms with E-state index in [2.05, 4.69) is 15.2 Å². The highest BCUT2D eigenvalue weighted by Crippen LogP contribution is 2.08. The van der Waals surface area contributed by atoms with Crippen LogP contribution in [0.4, 0.5) is 0 Å². The normalized spacial score (nSPS) is 9.80. The van der Waals surface area contributed by atoms with Crippen molar-refractivity contribution in [2.24, 2.45) is 0 Å². The lowest BCUT2D eigenvalue weighted by atomic mass is 10.1. The summed E-state index contributed by atoms with van der Waals surface area (Å²) in [6, 6.07) is 7.99. The molecule has 0 bridgehead atoms. The van der Waals surface area contributed by atoms with E-state index in [1.54, 1.807) is 17.1 Å². The van der Waals surface area contributed by atoms with Crippen LogP contribution in [0.25, 0.3) is 10.5 Å². The predicted octanol–water partition coefficient (Wildman–Crippen LogP) is 1.73. The molecule has 2 aromatic rings. The van der Waals surface area contributed by atoms with Gasteiger partial charge in [-0.2, -0.15) is 0 Å². The van der Waals surface area contributed by atoms with Crippen LogP contribution in [0.1, 0.15) is 5.56 Å². The lowest BCUT2D eigenvalue weighted by Crippen LogP contribution is -1.95. The quantitative estimate of drug-likeness (QED) is 0.704. The highest BCUT2D eigenvalue weighted by atomic mass is 15.4. The molecule has 0 spiro atoms. The fourth-order valence-electron chi connectivity index (χ4n) is 1.35. The molecule has 74 valence electrons.